The van der Waals surface area contributed by atoms with Crippen molar-refractivity contribution in [2.24, 2.45) is 5.92 Å². The first-order valence-corrected chi connectivity index (χ1v) is 9.15. The Labute approximate surface area is 152 Å². The van der Waals surface area contributed by atoms with Crippen molar-refractivity contribution in [2.75, 3.05) is 23.3 Å². The molecule has 1 aromatic rings. The van der Waals surface area contributed by atoms with Gasteiger partial charge in [0, 0.05) is 37.5 Å². The zero-order chi connectivity index (χ0) is 18.7. The molecule has 7 heteroatoms. The van der Waals surface area contributed by atoms with Crippen LogP contribution in [0.1, 0.15) is 39.0 Å². The smallest absolute Gasteiger partial charge is 0.249 e. The summed E-state index contributed by atoms with van der Waals surface area (Å²) in [6.07, 6.45) is 2.73. The fourth-order valence-electron chi connectivity index (χ4n) is 3.62. The van der Waals surface area contributed by atoms with Gasteiger partial charge in [-0.3, -0.25) is 19.7 Å². The van der Waals surface area contributed by atoms with Gasteiger partial charge in [0.15, 0.2) is 0 Å². The molecule has 2 aliphatic rings. The summed E-state index contributed by atoms with van der Waals surface area (Å²) in [4.78, 5) is 36.7. The predicted molar refractivity (Wildman–Crippen MR) is 96.4 cm³/mol. The number of imide groups is 1. The second kappa shape index (κ2) is 7.85. The van der Waals surface area contributed by atoms with Crippen molar-refractivity contribution < 1.29 is 18.8 Å². The number of carbonyl (C=O) groups is 3. The third kappa shape index (κ3) is 4.03. The highest BCUT2D eigenvalue weighted by Gasteiger charge is 2.27. The maximum absolute atomic E-state index is 14.6. The van der Waals surface area contributed by atoms with E-state index in [-0.39, 0.29) is 35.8 Å². The number of carbonyl (C=O) groups excluding carboxylic acids is 3. The van der Waals surface area contributed by atoms with E-state index in [2.05, 4.69) is 10.6 Å². The Balaban J connectivity index is 1.62. The SMILES string of the molecule is CCC(=O)C1CCN(c2ccc(NC3CCC(=O)NC3=O)cc2F)CC1. The summed E-state index contributed by atoms with van der Waals surface area (Å²) in [5, 5.41) is 5.26. The maximum atomic E-state index is 14.6. The van der Waals surface area contributed by atoms with Crippen molar-refractivity contribution in [1.29, 1.82) is 0 Å². The normalized spacial score (nSPS) is 21.5. The molecule has 1 atom stereocenters. The van der Waals surface area contributed by atoms with Crippen LogP contribution in [0.2, 0.25) is 0 Å². The summed E-state index contributed by atoms with van der Waals surface area (Å²) in [7, 11) is 0. The van der Waals surface area contributed by atoms with Crippen LogP contribution in [0.25, 0.3) is 0 Å². The number of hydrogen-bond acceptors (Lipinski definition) is 5. The first-order valence-electron chi connectivity index (χ1n) is 9.15. The molecular weight excluding hydrogens is 337 g/mol. The van der Waals surface area contributed by atoms with Crippen molar-refractivity contribution in [3.63, 3.8) is 0 Å². The molecule has 2 heterocycles. The lowest BCUT2D eigenvalue weighted by molar-refractivity contribution is -0.133. The van der Waals surface area contributed by atoms with Crippen LogP contribution in [0.15, 0.2) is 18.2 Å². The van der Waals surface area contributed by atoms with Crippen LogP contribution in [-0.4, -0.2) is 36.7 Å². The molecule has 2 aliphatic heterocycles. The molecule has 0 spiro atoms. The van der Waals surface area contributed by atoms with Gasteiger partial charge in [-0.25, -0.2) is 4.39 Å². The van der Waals surface area contributed by atoms with Crippen LogP contribution in [0.3, 0.4) is 0 Å². The summed E-state index contributed by atoms with van der Waals surface area (Å²) in [5.74, 6) is -0.641. The predicted octanol–water partition coefficient (Wildman–Crippen LogP) is 2.24. The molecule has 2 fully saturated rings. The lowest BCUT2D eigenvalue weighted by Crippen LogP contribution is -2.47. The summed E-state index contributed by atoms with van der Waals surface area (Å²) in [6.45, 7) is 3.20. The van der Waals surface area contributed by atoms with Crippen molar-refractivity contribution in [2.45, 2.75) is 45.1 Å². The number of rotatable bonds is 5. The van der Waals surface area contributed by atoms with Crippen LogP contribution in [0, 0.1) is 11.7 Å². The third-order valence-electron chi connectivity index (χ3n) is 5.17. The summed E-state index contributed by atoms with van der Waals surface area (Å²) in [6, 6.07) is 4.29. The second-order valence-electron chi connectivity index (χ2n) is 6.90. The van der Waals surface area contributed by atoms with E-state index in [1.54, 1.807) is 12.1 Å². The molecule has 0 aromatic heterocycles. The Morgan fingerprint density at radius 2 is 2.00 bits per heavy atom. The van der Waals surface area contributed by atoms with Crippen molar-refractivity contribution in [3.05, 3.63) is 24.0 Å². The van der Waals surface area contributed by atoms with Crippen LogP contribution in [0.5, 0.6) is 0 Å². The summed E-state index contributed by atoms with van der Waals surface area (Å²) >= 11 is 0. The van der Waals surface area contributed by atoms with Gasteiger partial charge < -0.3 is 10.2 Å². The maximum Gasteiger partial charge on any atom is 0.249 e. The Hall–Kier alpha value is -2.44. The molecule has 2 N–H and O–H groups in total. The fraction of sp³-hybridized carbons (Fsp3) is 0.526. The topological polar surface area (TPSA) is 78.5 Å². The van der Waals surface area contributed by atoms with E-state index in [0.29, 0.717) is 37.3 Å². The largest absolute Gasteiger partial charge is 0.374 e. The molecule has 26 heavy (non-hydrogen) atoms. The summed E-state index contributed by atoms with van der Waals surface area (Å²) in [5.41, 5.74) is 1.03. The molecule has 3 rings (SSSR count). The molecule has 6 nitrogen and oxygen atoms in total. The molecule has 0 aliphatic carbocycles. The Morgan fingerprint density at radius 3 is 2.62 bits per heavy atom. The Bertz CT molecular complexity index is 714. The monoisotopic (exact) mass is 361 g/mol. The summed E-state index contributed by atoms with van der Waals surface area (Å²) < 4.78 is 14.6. The standard InChI is InChI=1S/C19H24FN3O3/c1-2-17(24)12-7-9-23(10-8-12)16-5-3-13(11-14(16)20)21-15-4-6-18(25)22-19(15)26/h3,5,11-12,15,21H,2,4,6-10H2,1H3,(H,22,25,26). The van der Waals surface area contributed by atoms with Gasteiger partial charge in [-0.05, 0) is 37.5 Å². The second-order valence-corrected chi connectivity index (χ2v) is 6.90. The van der Waals surface area contributed by atoms with E-state index in [1.165, 1.54) is 6.07 Å². The van der Waals surface area contributed by atoms with E-state index in [4.69, 9.17) is 0 Å². The zero-order valence-electron chi connectivity index (χ0n) is 14.9. The number of Topliss-reactive ketones (excluding diaryl/α,β-unsaturated/α-hetero) is 1. The van der Waals surface area contributed by atoms with Crippen molar-refractivity contribution in [1.82, 2.24) is 5.32 Å². The molecule has 1 unspecified atom stereocenters. The molecule has 0 radical (unpaired) electrons. The molecule has 2 amide bonds. The lowest BCUT2D eigenvalue weighted by atomic mass is 9.91. The van der Waals surface area contributed by atoms with Gasteiger partial charge >= 0.3 is 0 Å². The van der Waals surface area contributed by atoms with Gasteiger partial charge in [0.05, 0.1) is 5.69 Å². The number of halogens is 1. The zero-order valence-corrected chi connectivity index (χ0v) is 14.9. The molecule has 1 aromatic carbocycles. The Kier molecular flexibility index (Phi) is 5.54. The van der Waals surface area contributed by atoms with Crippen LogP contribution in [-0.2, 0) is 14.4 Å². The average Bonchev–Trinajstić information content (AvgIpc) is 2.64. The number of nitrogens with one attached hydrogen (secondary N) is 2. The van der Waals surface area contributed by atoms with Gasteiger partial charge in [-0.1, -0.05) is 6.92 Å². The van der Waals surface area contributed by atoms with Gasteiger partial charge in [0.25, 0.3) is 0 Å². The number of benzene rings is 1. The highest BCUT2D eigenvalue weighted by atomic mass is 19.1. The van der Waals surface area contributed by atoms with Crippen molar-refractivity contribution in [3.8, 4) is 0 Å². The number of anilines is 2. The van der Waals surface area contributed by atoms with Crippen LogP contribution in [0.4, 0.5) is 15.8 Å². The van der Waals surface area contributed by atoms with Crippen molar-refractivity contribution >= 4 is 29.0 Å². The molecule has 140 valence electrons. The van der Waals surface area contributed by atoms with E-state index >= 15 is 0 Å². The van der Waals surface area contributed by atoms with E-state index in [9.17, 15) is 18.8 Å². The first kappa shape index (κ1) is 18.4. The third-order valence-corrected chi connectivity index (χ3v) is 5.17. The van der Waals surface area contributed by atoms with Gasteiger partial charge in [-0.2, -0.15) is 0 Å². The number of piperidine rings is 2. The van der Waals surface area contributed by atoms with E-state index in [0.717, 1.165) is 12.8 Å². The number of nitrogens with zero attached hydrogens (tertiary/aromatic N) is 1. The highest BCUT2D eigenvalue weighted by molar-refractivity contribution is 6.01. The van der Waals surface area contributed by atoms with Gasteiger partial charge in [0.2, 0.25) is 11.8 Å². The van der Waals surface area contributed by atoms with Gasteiger partial charge in [-0.15, -0.1) is 0 Å². The molecule has 0 saturated carbocycles. The Morgan fingerprint density at radius 1 is 1.27 bits per heavy atom. The quantitative estimate of drug-likeness (QED) is 0.787. The first-order chi connectivity index (χ1) is 12.5. The molecule has 0 bridgehead atoms. The molecular formula is C19H24FN3O3. The van der Waals surface area contributed by atoms with Gasteiger partial charge in [0.1, 0.15) is 17.6 Å². The number of ketones is 1. The average molecular weight is 361 g/mol. The lowest BCUT2D eigenvalue weighted by Gasteiger charge is -2.33. The minimum absolute atomic E-state index is 0.0905. The number of amides is 2. The van der Waals surface area contributed by atoms with Crippen LogP contribution < -0.4 is 15.5 Å². The van der Waals surface area contributed by atoms with E-state index in [1.807, 2.05) is 11.8 Å². The molecule has 2 saturated heterocycles. The van der Waals surface area contributed by atoms with Crippen LogP contribution >= 0.6 is 0 Å². The number of hydrogen-bond donors (Lipinski definition) is 2. The highest BCUT2D eigenvalue weighted by Crippen LogP contribution is 2.28. The minimum atomic E-state index is -0.534. The fourth-order valence-corrected chi connectivity index (χ4v) is 3.62. The van der Waals surface area contributed by atoms with E-state index < -0.39 is 6.04 Å². The minimum Gasteiger partial charge on any atom is -0.374 e.